The van der Waals surface area contributed by atoms with Gasteiger partial charge in [-0.2, -0.15) is 0 Å². The lowest BCUT2D eigenvalue weighted by atomic mass is 9.88. The van der Waals surface area contributed by atoms with Gasteiger partial charge in [-0.15, -0.1) is 11.3 Å². The zero-order chi connectivity index (χ0) is 22.7. The third-order valence-corrected chi connectivity index (χ3v) is 6.77. The van der Waals surface area contributed by atoms with Crippen LogP contribution >= 0.6 is 11.3 Å². The Morgan fingerprint density at radius 2 is 2.16 bits per heavy atom. The molecule has 1 aliphatic carbocycles. The van der Waals surface area contributed by atoms with E-state index >= 15 is 0 Å². The third kappa shape index (κ3) is 4.49. The number of imidazole rings is 1. The number of benzene rings is 1. The second kappa shape index (κ2) is 9.70. The van der Waals surface area contributed by atoms with Crippen molar-refractivity contribution >= 4 is 45.2 Å². The first kappa shape index (κ1) is 22.3. The van der Waals surface area contributed by atoms with E-state index in [1.165, 1.54) is 11.3 Å². The van der Waals surface area contributed by atoms with Gasteiger partial charge in [-0.3, -0.25) is 4.79 Å². The number of anilines is 2. The van der Waals surface area contributed by atoms with Crippen LogP contribution in [0.4, 0.5) is 10.9 Å². The predicted molar refractivity (Wildman–Crippen MR) is 125 cm³/mol. The van der Waals surface area contributed by atoms with E-state index < -0.39 is 0 Å². The van der Waals surface area contributed by atoms with Gasteiger partial charge in [0, 0.05) is 11.4 Å². The van der Waals surface area contributed by atoms with Crippen molar-refractivity contribution in [2.75, 3.05) is 30.4 Å². The Morgan fingerprint density at radius 3 is 2.94 bits per heavy atom. The number of hydrogen-bond donors (Lipinski definition) is 3. The quantitative estimate of drug-likeness (QED) is 0.449. The summed E-state index contributed by atoms with van der Waals surface area (Å²) in [6, 6.07) is 7.55. The van der Waals surface area contributed by atoms with Crippen molar-refractivity contribution in [1.82, 2.24) is 9.55 Å². The molecule has 9 heteroatoms. The molecule has 3 aromatic rings. The van der Waals surface area contributed by atoms with Gasteiger partial charge in [0.05, 0.1) is 29.8 Å². The Bertz CT molecular complexity index is 1140. The molecule has 3 N–H and O–H groups in total. The molecule has 1 aromatic carbocycles. The summed E-state index contributed by atoms with van der Waals surface area (Å²) in [6.07, 6.45) is 2.74. The van der Waals surface area contributed by atoms with Crippen LogP contribution < -0.4 is 10.6 Å². The van der Waals surface area contributed by atoms with Crippen LogP contribution in [0, 0.1) is 5.92 Å². The van der Waals surface area contributed by atoms with Crippen LogP contribution in [0.5, 0.6) is 0 Å². The zero-order valence-corrected chi connectivity index (χ0v) is 19.1. The van der Waals surface area contributed by atoms with E-state index in [0.717, 1.165) is 40.7 Å². The Balaban J connectivity index is 1.62. The van der Waals surface area contributed by atoms with E-state index in [-0.39, 0.29) is 31.6 Å². The number of hydrogen-bond acceptors (Lipinski definition) is 7. The van der Waals surface area contributed by atoms with Crippen LogP contribution in [-0.2, 0) is 28.9 Å². The number of para-hydroxylation sites is 2. The molecule has 4 rings (SSSR count). The van der Waals surface area contributed by atoms with Crippen molar-refractivity contribution in [2.24, 2.45) is 5.92 Å². The van der Waals surface area contributed by atoms with Crippen LogP contribution in [0.2, 0.25) is 0 Å². The fourth-order valence-electron chi connectivity index (χ4n) is 4.11. The lowest BCUT2D eigenvalue weighted by Gasteiger charge is -2.18. The molecular weight excluding hydrogens is 428 g/mol. The van der Waals surface area contributed by atoms with Crippen molar-refractivity contribution in [3.05, 3.63) is 40.3 Å². The molecule has 170 valence electrons. The van der Waals surface area contributed by atoms with Gasteiger partial charge in [0.2, 0.25) is 11.9 Å². The summed E-state index contributed by atoms with van der Waals surface area (Å²) in [7, 11) is 0. The molecule has 32 heavy (non-hydrogen) atoms. The minimum Gasteiger partial charge on any atom is -0.462 e. The maximum absolute atomic E-state index is 13.1. The van der Waals surface area contributed by atoms with E-state index in [4.69, 9.17) is 4.74 Å². The lowest BCUT2D eigenvalue weighted by molar-refractivity contribution is -0.116. The minimum atomic E-state index is -0.381. The molecule has 1 atom stereocenters. The van der Waals surface area contributed by atoms with Gasteiger partial charge < -0.3 is 25.0 Å². The number of fused-ring (bicyclic) bond motifs is 2. The van der Waals surface area contributed by atoms with E-state index in [1.807, 2.05) is 24.3 Å². The summed E-state index contributed by atoms with van der Waals surface area (Å²) in [6.45, 7) is 4.58. The Labute approximate surface area is 190 Å². The molecule has 0 radical (unpaired) electrons. The van der Waals surface area contributed by atoms with Crippen molar-refractivity contribution in [2.45, 2.75) is 39.7 Å². The molecule has 0 saturated carbocycles. The smallest absolute Gasteiger partial charge is 0.341 e. The van der Waals surface area contributed by atoms with Gasteiger partial charge in [-0.25, -0.2) is 9.78 Å². The number of ether oxygens (including phenoxy) is 1. The van der Waals surface area contributed by atoms with Crippen LogP contribution in [0.1, 0.15) is 41.1 Å². The second-order valence-electron chi connectivity index (χ2n) is 7.99. The van der Waals surface area contributed by atoms with E-state index in [2.05, 4.69) is 22.5 Å². The Hall–Kier alpha value is -2.91. The maximum Gasteiger partial charge on any atom is 0.341 e. The number of amides is 1. The Kier molecular flexibility index (Phi) is 6.76. The van der Waals surface area contributed by atoms with Crippen LogP contribution in [0.15, 0.2) is 24.3 Å². The standard InChI is InChI=1S/C23H28N4O4S/c1-3-31-22(30)20-15-9-8-14(2)12-18(15)32-21(20)26-19(29)13-27-17-7-5-4-6-16(17)25-23(27)24-10-11-28/h4-7,14,28H,3,8-13H2,1-2H3,(H,24,25)(H,26,29)/t14-/m1/s1. The molecule has 0 spiro atoms. The van der Waals surface area contributed by atoms with Crippen molar-refractivity contribution in [3.8, 4) is 0 Å². The molecule has 0 fully saturated rings. The van der Waals surface area contributed by atoms with Gasteiger partial charge in [-0.05, 0) is 49.8 Å². The van der Waals surface area contributed by atoms with Gasteiger partial charge in [0.25, 0.3) is 0 Å². The highest BCUT2D eigenvalue weighted by molar-refractivity contribution is 7.17. The number of nitrogens with one attached hydrogen (secondary N) is 2. The molecule has 0 saturated heterocycles. The lowest BCUT2D eigenvalue weighted by Crippen LogP contribution is -2.22. The van der Waals surface area contributed by atoms with E-state index in [1.54, 1.807) is 11.5 Å². The van der Waals surface area contributed by atoms with Gasteiger partial charge in [0.1, 0.15) is 11.5 Å². The fourth-order valence-corrected chi connectivity index (χ4v) is 5.52. The fraction of sp³-hybridized carbons (Fsp3) is 0.435. The van der Waals surface area contributed by atoms with Gasteiger partial charge in [-0.1, -0.05) is 19.1 Å². The molecule has 0 aliphatic heterocycles. The number of thiophene rings is 1. The van der Waals surface area contributed by atoms with Crippen molar-refractivity contribution in [1.29, 1.82) is 0 Å². The van der Waals surface area contributed by atoms with Gasteiger partial charge in [0.15, 0.2) is 0 Å². The minimum absolute atomic E-state index is 0.0233. The second-order valence-corrected chi connectivity index (χ2v) is 9.09. The summed E-state index contributed by atoms with van der Waals surface area (Å²) in [5.74, 6) is 0.433. The summed E-state index contributed by atoms with van der Waals surface area (Å²) < 4.78 is 7.07. The molecule has 0 unspecified atom stereocenters. The molecule has 2 heterocycles. The molecule has 2 aromatic heterocycles. The SMILES string of the molecule is CCOC(=O)c1c(NC(=O)Cn2c(NCCO)nc3ccccc32)sc2c1CC[C@@H](C)C2. The van der Waals surface area contributed by atoms with E-state index in [0.29, 0.717) is 29.0 Å². The number of aliphatic hydroxyl groups is 1. The van der Waals surface area contributed by atoms with Crippen LogP contribution in [0.3, 0.4) is 0 Å². The van der Waals surface area contributed by atoms with Crippen LogP contribution in [-0.4, -0.2) is 46.3 Å². The predicted octanol–water partition coefficient (Wildman–Crippen LogP) is 3.44. The highest BCUT2D eigenvalue weighted by Crippen LogP contribution is 2.40. The third-order valence-electron chi connectivity index (χ3n) is 5.60. The van der Waals surface area contributed by atoms with Gasteiger partial charge >= 0.3 is 5.97 Å². The van der Waals surface area contributed by atoms with E-state index in [9.17, 15) is 14.7 Å². The number of aliphatic hydroxyl groups excluding tert-OH is 1. The zero-order valence-electron chi connectivity index (χ0n) is 18.3. The summed E-state index contributed by atoms with van der Waals surface area (Å²) in [4.78, 5) is 31.5. The largest absolute Gasteiger partial charge is 0.462 e. The number of rotatable bonds is 8. The molecule has 1 amide bonds. The summed E-state index contributed by atoms with van der Waals surface area (Å²) in [5.41, 5.74) is 3.09. The van der Waals surface area contributed by atoms with Crippen molar-refractivity contribution < 1.29 is 19.4 Å². The number of nitrogens with zero attached hydrogens (tertiary/aromatic N) is 2. The maximum atomic E-state index is 13.1. The molecule has 8 nitrogen and oxygen atoms in total. The average molecular weight is 457 g/mol. The monoisotopic (exact) mass is 456 g/mol. The van der Waals surface area contributed by atoms with Crippen LogP contribution in [0.25, 0.3) is 11.0 Å². The summed E-state index contributed by atoms with van der Waals surface area (Å²) >= 11 is 1.48. The number of carbonyl (C=O) groups is 2. The first-order chi connectivity index (χ1) is 15.5. The Morgan fingerprint density at radius 1 is 1.34 bits per heavy atom. The summed E-state index contributed by atoms with van der Waals surface area (Å²) in [5, 5.41) is 15.8. The number of esters is 1. The normalized spacial score (nSPS) is 15.4. The molecular formula is C23H28N4O4S. The molecule has 1 aliphatic rings. The number of aromatic nitrogens is 2. The highest BCUT2D eigenvalue weighted by Gasteiger charge is 2.29. The first-order valence-corrected chi connectivity index (χ1v) is 11.7. The first-order valence-electron chi connectivity index (χ1n) is 10.9. The number of carbonyl (C=O) groups excluding carboxylic acids is 2. The topological polar surface area (TPSA) is 105 Å². The highest BCUT2D eigenvalue weighted by atomic mass is 32.1. The average Bonchev–Trinajstić information content (AvgIpc) is 3.29. The van der Waals surface area contributed by atoms with Crippen molar-refractivity contribution in [3.63, 3.8) is 0 Å². The molecule has 0 bridgehead atoms.